The summed E-state index contributed by atoms with van der Waals surface area (Å²) in [6.45, 7) is 0. The topological polar surface area (TPSA) is 80.9 Å². The fraction of sp³-hybridized carbons (Fsp3) is 0.133. The summed E-state index contributed by atoms with van der Waals surface area (Å²) in [6.07, 6.45) is 2.20. The predicted molar refractivity (Wildman–Crippen MR) is 80.6 cm³/mol. The predicted octanol–water partition coefficient (Wildman–Crippen LogP) is 2.47. The molecule has 0 unspecified atom stereocenters. The molecule has 112 valence electrons. The molecule has 0 fully saturated rings. The molecule has 0 aliphatic rings. The first-order valence-corrected chi connectivity index (χ1v) is 7.33. The Kier molecular flexibility index (Phi) is 3.64. The van der Waals surface area contributed by atoms with Gasteiger partial charge in [-0.05, 0) is 23.6 Å². The smallest absolute Gasteiger partial charge is 0.356 e. The Morgan fingerprint density at radius 3 is 2.82 bits per heavy atom. The van der Waals surface area contributed by atoms with Gasteiger partial charge in [0.2, 0.25) is 0 Å². The number of nitrogens with zero attached hydrogens (tertiary/aromatic N) is 2. The molecule has 3 aromatic rings. The minimum absolute atomic E-state index is 0.146. The van der Waals surface area contributed by atoms with Crippen LogP contribution in [-0.4, -0.2) is 33.5 Å². The summed E-state index contributed by atoms with van der Waals surface area (Å²) in [6, 6.07) is 7.08. The standard InChI is InChI=1S/C15H12N2O4S/c1-21-15(20)10-5-2-6-17-11(8-9-4-3-7-22-9)16-12(13(10)17)14(18)19/h2-7H,8H2,1H3,(H,18,19). The zero-order valence-electron chi connectivity index (χ0n) is 11.6. The molecule has 0 saturated carbocycles. The first kappa shape index (κ1) is 14.3. The molecule has 0 radical (unpaired) electrons. The van der Waals surface area contributed by atoms with E-state index in [1.54, 1.807) is 28.0 Å². The minimum Gasteiger partial charge on any atom is -0.476 e. The molecule has 0 saturated heterocycles. The van der Waals surface area contributed by atoms with E-state index in [0.717, 1.165) is 4.88 Å². The highest BCUT2D eigenvalue weighted by atomic mass is 32.1. The SMILES string of the molecule is COC(=O)c1cccn2c(Cc3cccs3)nc(C(=O)O)c12. The lowest BCUT2D eigenvalue weighted by Crippen LogP contribution is -2.07. The maximum atomic E-state index is 11.9. The van der Waals surface area contributed by atoms with E-state index >= 15 is 0 Å². The number of carboxylic acid groups (broad SMARTS) is 1. The molecule has 0 spiro atoms. The largest absolute Gasteiger partial charge is 0.476 e. The molecule has 3 aromatic heterocycles. The van der Waals surface area contributed by atoms with Crippen LogP contribution in [0, 0.1) is 0 Å². The van der Waals surface area contributed by atoms with Crippen LogP contribution in [0.5, 0.6) is 0 Å². The molecule has 22 heavy (non-hydrogen) atoms. The maximum absolute atomic E-state index is 11.9. The molecule has 6 nitrogen and oxygen atoms in total. The van der Waals surface area contributed by atoms with Gasteiger partial charge in [-0.3, -0.25) is 0 Å². The van der Waals surface area contributed by atoms with E-state index in [4.69, 9.17) is 4.74 Å². The maximum Gasteiger partial charge on any atom is 0.356 e. The van der Waals surface area contributed by atoms with Gasteiger partial charge in [-0.15, -0.1) is 11.3 Å². The number of rotatable bonds is 4. The van der Waals surface area contributed by atoms with Gasteiger partial charge in [0, 0.05) is 17.5 Å². The second kappa shape index (κ2) is 5.61. The van der Waals surface area contributed by atoms with E-state index in [1.165, 1.54) is 13.2 Å². The number of aromatic nitrogens is 2. The van der Waals surface area contributed by atoms with Crippen LogP contribution in [-0.2, 0) is 11.2 Å². The van der Waals surface area contributed by atoms with Crippen molar-refractivity contribution >= 4 is 28.8 Å². The van der Waals surface area contributed by atoms with Gasteiger partial charge in [0.05, 0.1) is 18.2 Å². The van der Waals surface area contributed by atoms with Crippen molar-refractivity contribution in [1.29, 1.82) is 0 Å². The quantitative estimate of drug-likeness (QED) is 0.748. The number of pyridine rings is 1. The highest BCUT2D eigenvalue weighted by molar-refractivity contribution is 7.09. The van der Waals surface area contributed by atoms with Crippen molar-refractivity contribution in [2.45, 2.75) is 6.42 Å². The van der Waals surface area contributed by atoms with E-state index in [-0.39, 0.29) is 16.8 Å². The van der Waals surface area contributed by atoms with Gasteiger partial charge in [0.25, 0.3) is 0 Å². The number of carboxylic acids is 1. The van der Waals surface area contributed by atoms with E-state index in [1.807, 2.05) is 17.5 Å². The number of hydrogen-bond donors (Lipinski definition) is 1. The van der Waals surface area contributed by atoms with Gasteiger partial charge < -0.3 is 14.2 Å². The number of methoxy groups -OCH3 is 1. The fourth-order valence-electron chi connectivity index (χ4n) is 2.32. The molecule has 0 aliphatic heterocycles. The first-order valence-electron chi connectivity index (χ1n) is 6.45. The Morgan fingerprint density at radius 1 is 1.36 bits per heavy atom. The summed E-state index contributed by atoms with van der Waals surface area (Å²) in [5.41, 5.74) is 0.299. The molecule has 3 heterocycles. The average molecular weight is 316 g/mol. The summed E-state index contributed by atoms with van der Waals surface area (Å²) in [4.78, 5) is 28.6. The van der Waals surface area contributed by atoms with Crippen LogP contribution in [0.15, 0.2) is 35.8 Å². The van der Waals surface area contributed by atoms with E-state index in [2.05, 4.69) is 4.98 Å². The van der Waals surface area contributed by atoms with Crippen molar-refractivity contribution in [2.24, 2.45) is 0 Å². The lowest BCUT2D eigenvalue weighted by Gasteiger charge is -2.04. The molecule has 1 N–H and O–H groups in total. The average Bonchev–Trinajstić information content (AvgIpc) is 3.15. The number of ether oxygens (including phenoxy) is 1. The van der Waals surface area contributed by atoms with Gasteiger partial charge in [-0.2, -0.15) is 0 Å². The van der Waals surface area contributed by atoms with Crippen LogP contribution in [0.1, 0.15) is 31.5 Å². The Bertz CT molecular complexity index is 852. The molecule has 0 bridgehead atoms. The second-order valence-corrected chi connectivity index (χ2v) is 5.60. The summed E-state index contributed by atoms with van der Waals surface area (Å²) in [7, 11) is 1.26. The Hall–Kier alpha value is -2.67. The molecule has 0 aliphatic carbocycles. The van der Waals surface area contributed by atoms with Crippen LogP contribution >= 0.6 is 11.3 Å². The highest BCUT2D eigenvalue weighted by Gasteiger charge is 2.23. The number of imidazole rings is 1. The zero-order chi connectivity index (χ0) is 15.7. The zero-order valence-corrected chi connectivity index (χ0v) is 12.5. The highest BCUT2D eigenvalue weighted by Crippen LogP contribution is 2.22. The van der Waals surface area contributed by atoms with Crippen LogP contribution in [0.3, 0.4) is 0 Å². The van der Waals surface area contributed by atoms with E-state index in [0.29, 0.717) is 12.2 Å². The van der Waals surface area contributed by atoms with Crippen molar-refractivity contribution in [1.82, 2.24) is 9.38 Å². The first-order chi connectivity index (χ1) is 10.6. The molecular formula is C15H12N2O4S. The minimum atomic E-state index is -1.17. The summed E-state index contributed by atoms with van der Waals surface area (Å²) in [5.74, 6) is -1.19. The van der Waals surface area contributed by atoms with Crippen LogP contribution in [0.2, 0.25) is 0 Å². The van der Waals surface area contributed by atoms with Crippen molar-refractivity contribution in [3.63, 3.8) is 0 Å². The molecule has 0 amide bonds. The van der Waals surface area contributed by atoms with Gasteiger partial charge in [0.15, 0.2) is 5.69 Å². The van der Waals surface area contributed by atoms with E-state index in [9.17, 15) is 14.7 Å². The number of hydrogen-bond acceptors (Lipinski definition) is 5. The Labute approximate surface area is 129 Å². The van der Waals surface area contributed by atoms with Crippen LogP contribution < -0.4 is 0 Å². The number of fused-ring (bicyclic) bond motifs is 1. The van der Waals surface area contributed by atoms with Crippen LogP contribution in [0.4, 0.5) is 0 Å². The van der Waals surface area contributed by atoms with Gasteiger partial charge in [0.1, 0.15) is 5.82 Å². The molecule has 0 aromatic carbocycles. The van der Waals surface area contributed by atoms with Gasteiger partial charge in [-0.1, -0.05) is 6.07 Å². The summed E-state index contributed by atoms with van der Waals surface area (Å²) < 4.78 is 6.36. The monoisotopic (exact) mass is 316 g/mol. The summed E-state index contributed by atoms with van der Waals surface area (Å²) >= 11 is 1.57. The number of carbonyl (C=O) groups excluding carboxylic acids is 1. The lowest BCUT2D eigenvalue weighted by molar-refractivity contribution is 0.0602. The van der Waals surface area contributed by atoms with Crippen molar-refractivity contribution in [3.8, 4) is 0 Å². The number of thiophene rings is 1. The summed E-state index contributed by atoms with van der Waals surface area (Å²) in [5, 5.41) is 11.3. The van der Waals surface area contributed by atoms with Gasteiger partial charge in [-0.25, -0.2) is 14.6 Å². The Balaban J connectivity index is 2.23. The molecule has 0 atom stereocenters. The third-order valence-corrected chi connectivity index (χ3v) is 4.13. The third kappa shape index (κ3) is 2.35. The van der Waals surface area contributed by atoms with E-state index < -0.39 is 11.9 Å². The van der Waals surface area contributed by atoms with Crippen molar-refractivity contribution in [3.05, 3.63) is 57.8 Å². The Morgan fingerprint density at radius 2 is 2.18 bits per heavy atom. The van der Waals surface area contributed by atoms with Crippen molar-refractivity contribution < 1.29 is 19.4 Å². The lowest BCUT2D eigenvalue weighted by atomic mass is 10.2. The number of esters is 1. The fourth-order valence-corrected chi connectivity index (χ4v) is 3.02. The number of aromatic carboxylic acids is 1. The molecular weight excluding hydrogens is 304 g/mol. The number of carbonyl (C=O) groups is 2. The third-order valence-electron chi connectivity index (χ3n) is 3.26. The second-order valence-electron chi connectivity index (χ2n) is 4.57. The molecule has 7 heteroatoms. The molecule has 3 rings (SSSR count). The van der Waals surface area contributed by atoms with Gasteiger partial charge >= 0.3 is 11.9 Å². The van der Waals surface area contributed by atoms with Crippen molar-refractivity contribution in [2.75, 3.05) is 7.11 Å². The van der Waals surface area contributed by atoms with Crippen LogP contribution in [0.25, 0.3) is 5.52 Å². The normalized spacial score (nSPS) is 10.8.